The summed E-state index contributed by atoms with van der Waals surface area (Å²) in [4.78, 5) is 0. The largest absolute Gasteiger partial charge is 0.396 e. The lowest BCUT2D eigenvalue weighted by Crippen LogP contribution is -2.63. The Morgan fingerprint density at radius 2 is 1.79 bits per heavy atom. The highest BCUT2D eigenvalue weighted by atomic mass is 16.3. The lowest BCUT2D eigenvalue weighted by molar-refractivity contribution is -0.181. The first-order valence-corrected chi connectivity index (χ1v) is 4.53. The maximum absolute atomic E-state index is 9.66. The van der Waals surface area contributed by atoms with Crippen molar-refractivity contribution in [1.82, 2.24) is 0 Å². The molecule has 1 aliphatic carbocycles. The molecule has 6 nitrogen and oxygen atoms in total. The molecule has 0 heterocycles. The van der Waals surface area contributed by atoms with Gasteiger partial charge in [-0.3, -0.25) is 0 Å². The van der Waals surface area contributed by atoms with Gasteiger partial charge in [0.15, 0.2) is 0 Å². The molecule has 0 aliphatic heterocycles. The van der Waals surface area contributed by atoms with Crippen LogP contribution in [-0.2, 0) is 0 Å². The molecule has 0 aromatic heterocycles. The molecule has 0 unspecified atom stereocenters. The van der Waals surface area contributed by atoms with Crippen molar-refractivity contribution in [2.45, 2.75) is 24.4 Å². The second kappa shape index (κ2) is 4.09. The Balaban J connectivity index is 2.87. The quantitative estimate of drug-likeness (QED) is 0.267. The van der Waals surface area contributed by atoms with E-state index in [1.807, 2.05) is 0 Å². The molecular weight excluding hydrogens is 190 g/mol. The third-order valence-corrected chi connectivity index (χ3v) is 2.94. The Labute approximate surface area is 81.6 Å². The second-order valence-corrected chi connectivity index (χ2v) is 3.89. The van der Waals surface area contributed by atoms with Crippen LogP contribution < -0.4 is 5.73 Å². The smallest absolute Gasteiger partial charge is 0.121 e. The SMILES string of the molecule is N[C@]1(O)C[C@@H](O)[C@@H](O)[C@H](CO)[C@@H]1CO. The Morgan fingerprint density at radius 1 is 1.21 bits per heavy atom. The molecule has 14 heavy (non-hydrogen) atoms. The van der Waals surface area contributed by atoms with E-state index in [-0.39, 0.29) is 6.42 Å². The first-order chi connectivity index (χ1) is 6.44. The van der Waals surface area contributed by atoms with Gasteiger partial charge in [-0.25, -0.2) is 0 Å². The first-order valence-electron chi connectivity index (χ1n) is 4.53. The van der Waals surface area contributed by atoms with Crippen molar-refractivity contribution >= 4 is 0 Å². The average Bonchev–Trinajstić information content (AvgIpc) is 2.09. The topological polar surface area (TPSA) is 127 Å². The predicted octanol–water partition coefficient (Wildman–Crippen LogP) is -3.02. The van der Waals surface area contributed by atoms with Gasteiger partial charge in [0.05, 0.1) is 18.8 Å². The van der Waals surface area contributed by atoms with Gasteiger partial charge < -0.3 is 31.3 Å². The average molecular weight is 207 g/mol. The van der Waals surface area contributed by atoms with Crippen molar-refractivity contribution in [3.8, 4) is 0 Å². The van der Waals surface area contributed by atoms with Gasteiger partial charge in [0.25, 0.3) is 0 Å². The van der Waals surface area contributed by atoms with E-state index in [1.54, 1.807) is 0 Å². The summed E-state index contributed by atoms with van der Waals surface area (Å²) in [6, 6.07) is 0. The molecule has 6 heteroatoms. The summed E-state index contributed by atoms with van der Waals surface area (Å²) in [6.45, 7) is -0.884. The minimum atomic E-state index is -1.75. The van der Waals surface area contributed by atoms with E-state index in [4.69, 9.17) is 15.9 Å². The van der Waals surface area contributed by atoms with Gasteiger partial charge in [0.2, 0.25) is 0 Å². The Kier molecular flexibility index (Phi) is 3.46. The lowest BCUT2D eigenvalue weighted by Gasteiger charge is -2.45. The number of nitrogens with two attached hydrogens (primary N) is 1. The summed E-state index contributed by atoms with van der Waals surface area (Å²) in [5.41, 5.74) is 3.72. The molecule has 1 saturated carbocycles. The predicted molar refractivity (Wildman–Crippen MR) is 46.9 cm³/mol. The molecule has 1 rings (SSSR count). The fourth-order valence-corrected chi connectivity index (χ4v) is 2.03. The van der Waals surface area contributed by atoms with Crippen LogP contribution in [0, 0.1) is 11.8 Å². The fraction of sp³-hybridized carbons (Fsp3) is 1.00. The van der Waals surface area contributed by atoms with Gasteiger partial charge in [-0.2, -0.15) is 0 Å². The molecule has 0 aromatic carbocycles. The number of aliphatic hydroxyl groups is 5. The summed E-state index contributed by atoms with van der Waals surface area (Å²) in [5.74, 6) is -1.63. The molecule has 84 valence electrons. The van der Waals surface area contributed by atoms with Crippen molar-refractivity contribution in [1.29, 1.82) is 0 Å². The number of hydrogen-bond acceptors (Lipinski definition) is 6. The summed E-state index contributed by atoms with van der Waals surface area (Å²) in [7, 11) is 0. The van der Waals surface area contributed by atoms with E-state index >= 15 is 0 Å². The van der Waals surface area contributed by atoms with E-state index in [0.717, 1.165) is 0 Å². The standard InChI is InChI=1S/C8H17NO5/c9-8(14)1-6(12)7(13)4(2-10)5(8)3-11/h4-7,10-14H,1-3,9H2/t4-,5+,6-,7+,8+/m1/s1. The Bertz CT molecular complexity index is 198. The number of rotatable bonds is 2. The third-order valence-electron chi connectivity index (χ3n) is 2.94. The van der Waals surface area contributed by atoms with Crippen molar-refractivity contribution < 1.29 is 25.5 Å². The van der Waals surface area contributed by atoms with Crippen LogP contribution in [0.2, 0.25) is 0 Å². The van der Waals surface area contributed by atoms with Gasteiger partial charge in [0, 0.05) is 24.9 Å². The van der Waals surface area contributed by atoms with Crippen LogP contribution in [0.4, 0.5) is 0 Å². The Hall–Kier alpha value is -0.240. The van der Waals surface area contributed by atoms with E-state index in [9.17, 15) is 15.3 Å². The molecule has 0 aromatic rings. The number of hydrogen-bond donors (Lipinski definition) is 6. The van der Waals surface area contributed by atoms with E-state index in [0.29, 0.717) is 0 Å². The van der Waals surface area contributed by atoms with Crippen LogP contribution in [0.25, 0.3) is 0 Å². The molecule has 0 bridgehead atoms. The fourth-order valence-electron chi connectivity index (χ4n) is 2.03. The van der Waals surface area contributed by atoms with Crippen molar-refractivity contribution in [2.24, 2.45) is 17.6 Å². The van der Waals surface area contributed by atoms with Crippen molar-refractivity contribution in [3.63, 3.8) is 0 Å². The molecule has 0 amide bonds. The van der Waals surface area contributed by atoms with Crippen LogP contribution in [0.1, 0.15) is 6.42 Å². The summed E-state index contributed by atoms with van der Waals surface area (Å²) < 4.78 is 0. The Morgan fingerprint density at radius 3 is 2.21 bits per heavy atom. The summed E-state index contributed by atoms with van der Waals surface area (Å²) in [6.07, 6.45) is -2.55. The molecule has 1 aliphatic rings. The van der Waals surface area contributed by atoms with Crippen LogP contribution in [0.5, 0.6) is 0 Å². The molecule has 1 fully saturated rings. The third kappa shape index (κ3) is 1.90. The molecule has 7 N–H and O–H groups in total. The van der Waals surface area contributed by atoms with Gasteiger partial charge in [-0.1, -0.05) is 0 Å². The normalized spacial score (nSPS) is 49.3. The molecule has 0 saturated heterocycles. The second-order valence-electron chi connectivity index (χ2n) is 3.89. The van der Waals surface area contributed by atoms with Crippen molar-refractivity contribution in [3.05, 3.63) is 0 Å². The zero-order chi connectivity index (χ0) is 10.9. The number of aliphatic hydroxyl groups excluding tert-OH is 4. The van der Waals surface area contributed by atoms with Gasteiger partial charge in [-0.15, -0.1) is 0 Å². The monoisotopic (exact) mass is 207 g/mol. The van der Waals surface area contributed by atoms with E-state index in [1.165, 1.54) is 0 Å². The van der Waals surface area contributed by atoms with Crippen LogP contribution in [0.3, 0.4) is 0 Å². The molecule has 0 spiro atoms. The minimum Gasteiger partial charge on any atom is -0.396 e. The van der Waals surface area contributed by atoms with Crippen LogP contribution >= 0.6 is 0 Å². The van der Waals surface area contributed by atoms with Crippen molar-refractivity contribution in [2.75, 3.05) is 13.2 Å². The maximum Gasteiger partial charge on any atom is 0.121 e. The van der Waals surface area contributed by atoms with E-state index < -0.39 is 43.0 Å². The summed E-state index contributed by atoms with van der Waals surface area (Å²) >= 11 is 0. The maximum atomic E-state index is 9.66. The molecule has 0 radical (unpaired) electrons. The molecular formula is C8H17NO5. The minimum absolute atomic E-state index is 0.212. The van der Waals surface area contributed by atoms with Gasteiger partial charge >= 0.3 is 0 Å². The van der Waals surface area contributed by atoms with Gasteiger partial charge in [-0.05, 0) is 0 Å². The van der Waals surface area contributed by atoms with Crippen LogP contribution in [-0.4, -0.2) is 56.7 Å². The zero-order valence-corrected chi connectivity index (χ0v) is 7.74. The zero-order valence-electron chi connectivity index (χ0n) is 7.74. The van der Waals surface area contributed by atoms with Crippen LogP contribution in [0.15, 0.2) is 0 Å². The molecule has 5 atom stereocenters. The van der Waals surface area contributed by atoms with Gasteiger partial charge in [0.1, 0.15) is 5.72 Å². The highest BCUT2D eigenvalue weighted by Crippen LogP contribution is 2.34. The highest BCUT2D eigenvalue weighted by Gasteiger charge is 2.49. The lowest BCUT2D eigenvalue weighted by atomic mass is 9.71. The highest BCUT2D eigenvalue weighted by molar-refractivity contribution is 4.97. The van der Waals surface area contributed by atoms with E-state index in [2.05, 4.69) is 0 Å². The summed E-state index contributed by atoms with van der Waals surface area (Å²) in [5, 5.41) is 46.4. The first kappa shape index (κ1) is 11.8.